The van der Waals surface area contributed by atoms with E-state index in [1.807, 2.05) is 0 Å². The first kappa shape index (κ1) is 10.4. The number of aryl methyl sites for hydroxylation is 1. The molecule has 14 heavy (non-hydrogen) atoms. The molecule has 0 aliphatic heterocycles. The number of carboxylic acids is 1. The van der Waals surface area contributed by atoms with Crippen molar-refractivity contribution in [1.82, 2.24) is 9.78 Å². The van der Waals surface area contributed by atoms with Crippen molar-refractivity contribution < 1.29 is 14.7 Å². The smallest absolute Gasteiger partial charge is 0.304 e. The maximum Gasteiger partial charge on any atom is 0.304 e. The summed E-state index contributed by atoms with van der Waals surface area (Å²) in [6, 6.07) is 0. The maximum absolute atomic E-state index is 11.6. The number of nitrogens with zero attached hydrogens (tertiary/aromatic N) is 2. The second-order valence-corrected chi connectivity index (χ2v) is 3.27. The first-order chi connectivity index (χ1) is 6.50. The van der Waals surface area contributed by atoms with E-state index in [0.717, 1.165) is 0 Å². The summed E-state index contributed by atoms with van der Waals surface area (Å²) in [7, 11) is 1.71. The number of ketones is 1. The molecule has 0 saturated carbocycles. The molecule has 0 amide bonds. The van der Waals surface area contributed by atoms with Crippen molar-refractivity contribution in [3.05, 3.63) is 18.0 Å². The Balaban J connectivity index is 2.70. The lowest BCUT2D eigenvalue weighted by molar-refractivity contribution is -0.137. The first-order valence-electron chi connectivity index (χ1n) is 4.25. The average Bonchev–Trinajstić information content (AvgIpc) is 2.49. The van der Waals surface area contributed by atoms with Crippen LogP contribution in [0.5, 0.6) is 0 Å². The van der Waals surface area contributed by atoms with Crippen LogP contribution in [0.4, 0.5) is 0 Å². The Hall–Kier alpha value is -1.65. The standard InChI is InChI=1S/C9H12N2O3/c1-6(3-8(12)13)9(14)7-4-10-11(2)5-7/h4-6H,3H2,1-2H3,(H,12,13). The van der Waals surface area contributed by atoms with Crippen molar-refractivity contribution in [1.29, 1.82) is 0 Å². The molecule has 0 radical (unpaired) electrons. The number of carbonyl (C=O) groups excluding carboxylic acids is 1. The van der Waals surface area contributed by atoms with Crippen molar-refractivity contribution in [2.24, 2.45) is 13.0 Å². The van der Waals surface area contributed by atoms with E-state index in [0.29, 0.717) is 5.56 Å². The topological polar surface area (TPSA) is 72.2 Å². The molecule has 0 saturated heterocycles. The summed E-state index contributed by atoms with van der Waals surface area (Å²) in [6.45, 7) is 1.60. The van der Waals surface area contributed by atoms with Gasteiger partial charge in [0.05, 0.1) is 18.2 Å². The Bertz CT molecular complexity index is 357. The highest BCUT2D eigenvalue weighted by Gasteiger charge is 2.19. The highest BCUT2D eigenvalue weighted by molar-refractivity contribution is 5.98. The number of carbonyl (C=O) groups is 2. The summed E-state index contributed by atoms with van der Waals surface area (Å²) >= 11 is 0. The number of hydrogen-bond acceptors (Lipinski definition) is 3. The lowest BCUT2D eigenvalue weighted by atomic mass is 9.99. The molecular weight excluding hydrogens is 184 g/mol. The molecule has 1 unspecified atom stereocenters. The zero-order chi connectivity index (χ0) is 10.7. The zero-order valence-corrected chi connectivity index (χ0v) is 8.10. The summed E-state index contributed by atoms with van der Waals surface area (Å²) in [4.78, 5) is 22.0. The van der Waals surface area contributed by atoms with Gasteiger partial charge in [-0.1, -0.05) is 6.92 Å². The molecule has 76 valence electrons. The largest absolute Gasteiger partial charge is 0.481 e. The van der Waals surface area contributed by atoms with Gasteiger partial charge >= 0.3 is 5.97 Å². The lowest BCUT2D eigenvalue weighted by Gasteiger charge is -2.04. The Morgan fingerprint density at radius 1 is 1.64 bits per heavy atom. The molecule has 0 fully saturated rings. The van der Waals surface area contributed by atoms with E-state index in [4.69, 9.17) is 5.11 Å². The molecule has 1 aromatic heterocycles. The van der Waals surface area contributed by atoms with Gasteiger partial charge in [0, 0.05) is 19.2 Å². The van der Waals surface area contributed by atoms with Crippen molar-refractivity contribution in [3.8, 4) is 0 Å². The van der Waals surface area contributed by atoms with Gasteiger partial charge in [-0.15, -0.1) is 0 Å². The van der Waals surface area contributed by atoms with Gasteiger partial charge in [0.2, 0.25) is 0 Å². The molecule has 1 atom stereocenters. The minimum atomic E-state index is -0.963. The van der Waals surface area contributed by atoms with Crippen LogP contribution in [0.1, 0.15) is 23.7 Å². The Kier molecular flexibility index (Phi) is 3.01. The van der Waals surface area contributed by atoms with Gasteiger partial charge in [0.1, 0.15) is 0 Å². The van der Waals surface area contributed by atoms with Gasteiger partial charge in [-0.2, -0.15) is 5.10 Å². The van der Waals surface area contributed by atoms with Crippen LogP contribution < -0.4 is 0 Å². The van der Waals surface area contributed by atoms with E-state index in [9.17, 15) is 9.59 Å². The Morgan fingerprint density at radius 2 is 2.29 bits per heavy atom. The Labute approximate surface area is 81.3 Å². The highest BCUT2D eigenvalue weighted by Crippen LogP contribution is 2.10. The minimum Gasteiger partial charge on any atom is -0.481 e. The monoisotopic (exact) mass is 196 g/mol. The van der Waals surface area contributed by atoms with E-state index in [-0.39, 0.29) is 12.2 Å². The Morgan fingerprint density at radius 3 is 2.71 bits per heavy atom. The van der Waals surface area contributed by atoms with Crippen molar-refractivity contribution in [2.75, 3.05) is 0 Å². The molecule has 0 aliphatic rings. The molecule has 0 spiro atoms. The molecular formula is C9H12N2O3. The third kappa shape index (κ3) is 2.42. The van der Waals surface area contributed by atoms with Gasteiger partial charge in [0.15, 0.2) is 5.78 Å². The summed E-state index contributed by atoms with van der Waals surface area (Å²) in [5, 5.41) is 12.4. The SMILES string of the molecule is CC(CC(=O)O)C(=O)c1cnn(C)c1. The van der Waals surface area contributed by atoms with E-state index in [1.54, 1.807) is 20.2 Å². The molecule has 1 N–H and O–H groups in total. The van der Waals surface area contributed by atoms with E-state index in [1.165, 1.54) is 10.9 Å². The number of rotatable bonds is 4. The highest BCUT2D eigenvalue weighted by atomic mass is 16.4. The average molecular weight is 196 g/mol. The molecule has 5 heteroatoms. The lowest BCUT2D eigenvalue weighted by Crippen LogP contribution is -2.14. The minimum absolute atomic E-state index is 0.145. The second kappa shape index (κ2) is 4.04. The van der Waals surface area contributed by atoms with E-state index >= 15 is 0 Å². The van der Waals surface area contributed by atoms with Gasteiger partial charge in [-0.05, 0) is 0 Å². The molecule has 5 nitrogen and oxygen atoms in total. The fourth-order valence-corrected chi connectivity index (χ4v) is 1.19. The zero-order valence-electron chi connectivity index (χ0n) is 8.10. The first-order valence-corrected chi connectivity index (χ1v) is 4.25. The van der Waals surface area contributed by atoms with Crippen LogP contribution in [0.25, 0.3) is 0 Å². The van der Waals surface area contributed by atoms with Crippen LogP contribution in [0.2, 0.25) is 0 Å². The van der Waals surface area contributed by atoms with E-state index in [2.05, 4.69) is 5.10 Å². The normalized spacial score (nSPS) is 12.4. The third-order valence-electron chi connectivity index (χ3n) is 1.92. The fourth-order valence-electron chi connectivity index (χ4n) is 1.19. The predicted molar refractivity (Wildman–Crippen MR) is 49.0 cm³/mol. The quantitative estimate of drug-likeness (QED) is 0.720. The van der Waals surface area contributed by atoms with E-state index < -0.39 is 11.9 Å². The van der Waals surface area contributed by atoms with Crippen LogP contribution in [-0.2, 0) is 11.8 Å². The van der Waals surface area contributed by atoms with Gasteiger partial charge in [0.25, 0.3) is 0 Å². The molecule has 1 rings (SSSR count). The van der Waals surface area contributed by atoms with Crippen LogP contribution >= 0.6 is 0 Å². The van der Waals surface area contributed by atoms with Crippen LogP contribution in [0.15, 0.2) is 12.4 Å². The number of aliphatic carboxylic acids is 1. The van der Waals surface area contributed by atoms with Gasteiger partial charge < -0.3 is 5.11 Å². The summed E-state index contributed by atoms with van der Waals surface area (Å²) in [5.41, 5.74) is 0.459. The number of Topliss-reactive ketones (excluding diaryl/α,β-unsaturated/α-hetero) is 1. The fraction of sp³-hybridized carbons (Fsp3) is 0.444. The summed E-state index contributed by atoms with van der Waals surface area (Å²) in [5.74, 6) is -1.65. The van der Waals surface area contributed by atoms with Crippen LogP contribution in [0, 0.1) is 5.92 Å². The maximum atomic E-state index is 11.6. The van der Waals surface area contributed by atoms with Gasteiger partial charge in [-0.25, -0.2) is 0 Å². The predicted octanol–water partition coefficient (Wildman–Crippen LogP) is 0.714. The number of hydrogen-bond donors (Lipinski definition) is 1. The van der Waals surface area contributed by atoms with Crippen molar-refractivity contribution in [3.63, 3.8) is 0 Å². The number of aromatic nitrogens is 2. The molecule has 0 aliphatic carbocycles. The molecule has 0 aromatic carbocycles. The summed E-state index contributed by atoms with van der Waals surface area (Å²) < 4.78 is 1.51. The van der Waals surface area contributed by atoms with Crippen molar-refractivity contribution >= 4 is 11.8 Å². The van der Waals surface area contributed by atoms with Crippen molar-refractivity contribution in [2.45, 2.75) is 13.3 Å². The molecule has 1 heterocycles. The second-order valence-electron chi connectivity index (χ2n) is 3.27. The third-order valence-corrected chi connectivity index (χ3v) is 1.92. The van der Waals surface area contributed by atoms with Crippen LogP contribution in [0.3, 0.4) is 0 Å². The van der Waals surface area contributed by atoms with Crippen LogP contribution in [-0.4, -0.2) is 26.6 Å². The summed E-state index contributed by atoms with van der Waals surface area (Å²) in [6.07, 6.45) is 2.88. The van der Waals surface area contributed by atoms with Gasteiger partial charge in [-0.3, -0.25) is 14.3 Å². The number of carboxylic acid groups (broad SMARTS) is 1. The molecule has 0 bridgehead atoms. The molecule has 1 aromatic rings.